The smallest absolute Gasteiger partial charge is 0.410 e. The Bertz CT molecular complexity index is 1060. The summed E-state index contributed by atoms with van der Waals surface area (Å²) in [7, 11) is 0.208. The molecular formula is C23H28FN3O6S. The molecule has 1 aromatic heterocycles. The highest BCUT2D eigenvalue weighted by molar-refractivity contribution is 7.86. The van der Waals surface area contributed by atoms with Crippen LogP contribution in [-0.4, -0.2) is 62.8 Å². The van der Waals surface area contributed by atoms with Crippen LogP contribution < -0.4 is 14.2 Å². The maximum absolute atomic E-state index is 14.7. The van der Waals surface area contributed by atoms with E-state index in [2.05, 4.69) is 9.97 Å². The van der Waals surface area contributed by atoms with Gasteiger partial charge in [-0.25, -0.2) is 9.18 Å². The normalized spacial score (nSPS) is 17.4. The van der Waals surface area contributed by atoms with Gasteiger partial charge in [-0.05, 0) is 44.9 Å². The molecule has 1 aliphatic carbocycles. The van der Waals surface area contributed by atoms with Gasteiger partial charge in [0.2, 0.25) is 5.75 Å². The molecule has 0 N–H and O–H groups in total. The van der Waals surface area contributed by atoms with Crippen LogP contribution in [0.4, 0.5) is 9.18 Å². The Kier molecular flexibility index (Phi) is 7.50. The van der Waals surface area contributed by atoms with Crippen molar-refractivity contribution in [2.45, 2.75) is 61.9 Å². The quantitative estimate of drug-likeness (QED) is 0.543. The van der Waals surface area contributed by atoms with Gasteiger partial charge >= 0.3 is 6.09 Å². The molecule has 184 valence electrons. The van der Waals surface area contributed by atoms with Gasteiger partial charge in [0.25, 0.3) is 11.8 Å². The molecule has 9 nitrogen and oxygen atoms in total. The Morgan fingerprint density at radius 1 is 1.15 bits per heavy atom. The van der Waals surface area contributed by atoms with E-state index in [0.29, 0.717) is 30.8 Å². The maximum atomic E-state index is 14.7. The molecule has 1 saturated heterocycles. The molecule has 2 fully saturated rings. The van der Waals surface area contributed by atoms with E-state index in [-0.39, 0.29) is 46.8 Å². The van der Waals surface area contributed by atoms with Crippen molar-refractivity contribution < 1.29 is 32.3 Å². The minimum Gasteiger partial charge on any atom is -0.487 e. The van der Waals surface area contributed by atoms with Gasteiger partial charge < -0.3 is 23.8 Å². The van der Waals surface area contributed by atoms with Crippen molar-refractivity contribution >= 4 is 16.9 Å². The predicted octanol–water partition coefficient (Wildman–Crippen LogP) is 4.07. The fraction of sp³-hybridized carbons (Fsp3) is 0.522. The standard InChI is InChI=1S/C23H28FN3O6S/c1-14(2)31-23(28)27-10-8-15(9-11-27)32-21-20(30-3)22(26-13-25-21)33-19-7-6-17(12-18(19)24)34(29)16-4-5-16/h6-7,12-16H,4-5,8-11H2,1-3H3. The van der Waals surface area contributed by atoms with Crippen molar-refractivity contribution in [3.05, 3.63) is 30.3 Å². The van der Waals surface area contributed by atoms with Crippen LogP contribution in [-0.2, 0) is 15.5 Å². The number of amides is 1. The minimum absolute atomic E-state index is 0.000382. The number of methoxy groups -OCH3 is 1. The number of aromatic nitrogens is 2. The second-order valence-corrected chi connectivity index (χ2v) is 10.2. The summed E-state index contributed by atoms with van der Waals surface area (Å²) >= 11 is 0. The lowest BCUT2D eigenvalue weighted by Gasteiger charge is -2.31. The first-order chi connectivity index (χ1) is 16.4. The number of hydrogen-bond acceptors (Lipinski definition) is 8. The second kappa shape index (κ2) is 10.5. The van der Waals surface area contributed by atoms with E-state index in [1.807, 2.05) is 13.8 Å². The molecule has 0 spiro atoms. The predicted molar refractivity (Wildman–Crippen MR) is 121 cm³/mol. The van der Waals surface area contributed by atoms with Gasteiger partial charge in [-0.15, -0.1) is 0 Å². The number of piperidine rings is 1. The molecule has 4 rings (SSSR count). The van der Waals surface area contributed by atoms with Crippen molar-refractivity contribution in [3.8, 4) is 23.3 Å². The molecule has 11 heteroatoms. The summed E-state index contributed by atoms with van der Waals surface area (Å²) in [5.74, 6) is -0.413. The molecule has 1 atom stereocenters. The van der Waals surface area contributed by atoms with Crippen LogP contribution >= 0.6 is 0 Å². The summed E-state index contributed by atoms with van der Waals surface area (Å²) in [6.07, 6.45) is 3.51. The fourth-order valence-corrected chi connectivity index (χ4v) is 4.90. The van der Waals surface area contributed by atoms with Crippen LogP contribution in [0.3, 0.4) is 0 Å². The van der Waals surface area contributed by atoms with E-state index in [1.54, 1.807) is 11.0 Å². The second-order valence-electron chi connectivity index (χ2n) is 8.45. The number of carbonyl (C=O) groups is 1. The Morgan fingerprint density at radius 3 is 2.47 bits per heavy atom. The largest absolute Gasteiger partial charge is 0.487 e. The number of ether oxygens (including phenoxy) is 4. The molecule has 1 aliphatic heterocycles. The number of halogens is 1. The average molecular weight is 494 g/mol. The minimum atomic E-state index is -1.21. The molecule has 1 amide bonds. The van der Waals surface area contributed by atoms with Crippen LogP contribution in [0.2, 0.25) is 0 Å². The maximum Gasteiger partial charge on any atom is 0.410 e. The fourth-order valence-electron chi connectivity index (χ4n) is 3.53. The lowest BCUT2D eigenvalue weighted by atomic mass is 10.1. The van der Waals surface area contributed by atoms with Crippen LogP contribution in [0.5, 0.6) is 23.3 Å². The summed E-state index contributed by atoms with van der Waals surface area (Å²) in [6, 6.07) is 4.25. The molecule has 1 saturated carbocycles. The SMILES string of the molecule is COc1c(Oc2ccc(S(=O)C3CC3)cc2F)ncnc1OC1CCN(C(=O)OC(C)C)CC1. The molecule has 0 radical (unpaired) electrons. The third-order valence-electron chi connectivity index (χ3n) is 5.43. The third kappa shape index (κ3) is 5.75. The summed E-state index contributed by atoms with van der Waals surface area (Å²) in [5.41, 5.74) is 0. The molecule has 2 heterocycles. The lowest BCUT2D eigenvalue weighted by molar-refractivity contribution is 0.0499. The summed E-state index contributed by atoms with van der Waals surface area (Å²) < 4.78 is 49.2. The highest BCUT2D eigenvalue weighted by atomic mass is 32.2. The van der Waals surface area contributed by atoms with Crippen molar-refractivity contribution in [2.75, 3.05) is 20.2 Å². The Hall–Kier alpha value is -2.95. The zero-order valence-electron chi connectivity index (χ0n) is 19.4. The summed E-state index contributed by atoms with van der Waals surface area (Å²) in [6.45, 7) is 4.60. The van der Waals surface area contributed by atoms with Gasteiger partial charge in [0, 0.05) is 36.1 Å². The van der Waals surface area contributed by atoms with Crippen LogP contribution in [0, 0.1) is 5.82 Å². The third-order valence-corrected chi connectivity index (χ3v) is 7.22. The Balaban J connectivity index is 1.42. The number of nitrogens with zero attached hydrogens (tertiary/aromatic N) is 3. The van der Waals surface area contributed by atoms with Gasteiger partial charge in [0.15, 0.2) is 11.6 Å². The Labute approximate surface area is 200 Å². The van der Waals surface area contributed by atoms with Gasteiger partial charge in [-0.1, -0.05) is 0 Å². The number of rotatable bonds is 8. The van der Waals surface area contributed by atoms with Crippen molar-refractivity contribution in [1.82, 2.24) is 14.9 Å². The van der Waals surface area contributed by atoms with Gasteiger partial charge in [-0.2, -0.15) is 9.97 Å². The lowest BCUT2D eigenvalue weighted by Crippen LogP contribution is -2.42. The van der Waals surface area contributed by atoms with Crippen molar-refractivity contribution in [2.24, 2.45) is 0 Å². The first-order valence-electron chi connectivity index (χ1n) is 11.2. The molecule has 2 aliphatic rings. The number of likely N-dealkylation sites (tertiary alicyclic amines) is 1. The summed E-state index contributed by atoms with van der Waals surface area (Å²) in [4.78, 5) is 22.4. The Morgan fingerprint density at radius 2 is 1.85 bits per heavy atom. The molecule has 0 bridgehead atoms. The number of carbonyl (C=O) groups excluding carboxylic acids is 1. The average Bonchev–Trinajstić information content (AvgIpc) is 3.66. The van der Waals surface area contributed by atoms with Crippen LogP contribution in [0.15, 0.2) is 29.4 Å². The molecule has 1 aromatic carbocycles. The topological polar surface area (TPSA) is 100 Å². The van der Waals surface area contributed by atoms with Crippen molar-refractivity contribution in [3.63, 3.8) is 0 Å². The van der Waals surface area contributed by atoms with E-state index >= 15 is 0 Å². The first-order valence-corrected chi connectivity index (χ1v) is 12.5. The van der Waals surface area contributed by atoms with Crippen LogP contribution in [0.25, 0.3) is 0 Å². The van der Waals surface area contributed by atoms with Crippen molar-refractivity contribution in [1.29, 1.82) is 0 Å². The van der Waals surface area contributed by atoms with E-state index in [4.69, 9.17) is 18.9 Å². The summed E-state index contributed by atoms with van der Waals surface area (Å²) in [5, 5.41) is 0.112. The first kappa shape index (κ1) is 24.2. The highest BCUT2D eigenvalue weighted by Gasteiger charge is 2.30. The van der Waals surface area contributed by atoms with E-state index in [9.17, 15) is 13.4 Å². The molecule has 2 aromatic rings. The van der Waals surface area contributed by atoms with E-state index in [0.717, 1.165) is 12.8 Å². The molecular weight excluding hydrogens is 465 g/mol. The van der Waals surface area contributed by atoms with Crippen LogP contribution in [0.1, 0.15) is 39.5 Å². The zero-order chi connectivity index (χ0) is 24.2. The molecule has 1 unspecified atom stereocenters. The van der Waals surface area contributed by atoms with E-state index in [1.165, 1.54) is 25.6 Å². The number of hydrogen-bond donors (Lipinski definition) is 0. The van der Waals surface area contributed by atoms with Gasteiger partial charge in [-0.3, -0.25) is 4.21 Å². The van der Waals surface area contributed by atoms with E-state index < -0.39 is 16.6 Å². The number of benzene rings is 1. The zero-order valence-corrected chi connectivity index (χ0v) is 20.2. The molecule has 34 heavy (non-hydrogen) atoms. The monoisotopic (exact) mass is 493 g/mol. The van der Waals surface area contributed by atoms with Gasteiger partial charge in [0.05, 0.1) is 24.0 Å². The highest BCUT2D eigenvalue weighted by Crippen LogP contribution is 2.38. The van der Waals surface area contributed by atoms with Gasteiger partial charge in [0.1, 0.15) is 12.4 Å².